The molecule has 0 fully saturated rings. The molecule has 1 aliphatic rings. The number of fused-ring (bicyclic) bond motifs is 5. The third-order valence-electron chi connectivity index (χ3n) is 5.06. The van der Waals surface area contributed by atoms with E-state index in [0.29, 0.717) is 48.3 Å². The molecule has 4 aromatic heterocycles. The summed E-state index contributed by atoms with van der Waals surface area (Å²) in [6.45, 7) is 1.07. The number of imidazole rings is 2. The quantitative estimate of drug-likeness (QED) is 0.444. The SMILES string of the molecule is Fc1ccc2c(c1)-c1ncnn1Cc1c(-c3noc(CCn4ccnc4)n3)ncn1-2. The second-order valence-electron chi connectivity index (χ2n) is 6.87. The second kappa shape index (κ2) is 6.44. The molecule has 0 unspecified atom stereocenters. The van der Waals surface area contributed by atoms with Gasteiger partial charge in [0.05, 0.1) is 24.3 Å². The van der Waals surface area contributed by atoms with Crippen LogP contribution in [0.15, 0.2) is 54.1 Å². The zero-order valence-electron chi connectivity index (χ0n) is 15.6. The predicted molar refractivity (Wildman–Crippen MR) is 101 cm³/mol. The van der Waals surface area contributed by atoms with Gasteiger partial charge in [0, 0.05) is 30.9 Å². The Labute approximate surface area is 168 Å². The van der Waals surface area contributed by atoms with Gasteiger partial charge >= 0.3 is 0 Å². The number of aryl methyl sites for hydroxylation is 2. The minimum Gasteiger partial charge on any atom is -0.339 e. The number of benzene rings is 1. The summed E-state index contributed by atoms with van der Waals surface area (Å²) in [6, 6.07) is 4.57. The maximum absolute atomic E-state index is 13.9. The second-order valence-corrected chi connectivity index (χ2v) is 6.87. The molecule has 10 nitrogen and oxygen atoms in total. The summed E-state index contributed by atoms with van der Waals surface area (Å²) in [5, 5.41) is 8.41. The highest BCUT2D eigenvalue weighted by molar-refractivity contribution is 5.70. The van der Waals surface area contributed by atoms with Crippen molar-refractivity contribution in [2.75, 3.05) is 0 Å². The largest absolute Gasteiger partial charge is 0.339 e. The monoisotopic (exact) mass is 403 g/mol. The number of aromatic nitrogens is 9. The van der Waals surface area contributed by atoms with Crippen LogP contribution < -0.4 is 0 Å². The van der Waals surface area contributed by atoms with Crippen molar-refractivity contribution in [2.24, 2.45) is 0 Å². The fourth-order valence-corrected chi connectivity index (χ4v) is 3.64. The Morgan fingerprint density at radius 1 is 1.17 bits per heavy atom. The summed E-state index contributed by atoms with van der Waals surface area (Å²) in [5.41, 5.74) is 2.81. The van der Waals surface area contributed by atoms with Crippen LogP contribution in [0.25, 0.3) is 28.6 Å². The molecule has 0 atom stereocenters. The van der Waals surface area contributed by atoms with Crippen LogP contribution in [-0.2, 0) is 19.5 Å². The van der Waals surface area contributed by atoms with Gasteiger partial charge in [-0.2, -0.15) is 10.1 Å². The van der Waals surface area contributed by atoms with Gasteiger partial charge in [0.1, 0.15) is 24.2 Å². The lowest BCUT2D eigenvalue weighted by Crippen LogP contribution is -2.06. The van der Waals surface area contributed by atoms with E-state index in [1.165, 1.54) is 18.5 Å². The normalized spacial score (nSPS) is 12.3. The van der Waals surface area contributed by atoms with Gasteiger partial charge in [-0.3, -0.25) is 4.57 Å². The standard InChI is InChI=1S/C19H14FN9O/c20-12-1-2-14-13(7-12)19-22-9-24-29(19)8-15-17(23-11-28(14)15)18-25-16(30-26-18)3-5-27-6-4-21-10-27/h1-2,4,6-7,9-11H,3,5,8H2. The number of halogens is 1. The van der Waals surface area contributed by atoms with Crippen molar-refractivity contribution in [2.45, 2.75) is 19.5 Å². The molecule has 0 radical (unpaired) electrons. The van der Waals surface area contributed by atoms with E-state index >= 15 is 0 Å². The van der Waals surface area contributed by atoms with Crippen molar-refractivity contribution in [1.82, 2.24) is 44.0 Å². The van der Waals surface area contributed by atoms with Crippen LogP contribution >= 0.6 is 0 Å². The zero-order chi connectivity index (χ0) is 20.1. The highest BCUT2D eigenvalue weighted by atomic mass is 19.1. The number of hydrogen-bond acceptors (Lipinski definition) is 7. The van der Waals surface area contributed by atoms with Crippen LogP contribution in [0.1, 0.15) is 11.6 Å². The van der Waals surface area contributed by atoms with Crippen molar-refractivity contribution in [1.29, 1.82) is 0 Å². The first-order valence-corrected chi connectivity index (χ1v) is 9.29. The van der Waals surface area contributed by atoms with E-state index in [1.54, 1.807) is 29.6 Å². The van der Waals surface area contributed by atoms with Gasteiger partial charge in [0.15, 0.2) is 5.82 Å². The number of hydrogen-bond donors (Lipinski definition) is 0. The average molecular weight is 403 g/mol. The van der Waals surface area contributed by atoms with Crippen molar-refractivity contribution in [3.63, 3.8) is 0 Å². The van der Waals surface area contributed by atoms with Gasteiger partial charge in [-0.25, -0.2) is 24.0 Å². The summed E-state index contributed by atoms with van der Waals surface area (Å²) >= 11 is 0. The minimum atomic E-state index is -0.340. The van der Waals surface area contributed by atoms with E-state index in [2.05, 4.69) is 30.2 Å². The molecule has 11 heteroatoms. The zero-order valence-corrected chi connectivity index (χ0v) is 15.6. The molecule has 0 saturated carbocycles. The lowest BCUT2D eigenvalue weighted by Gasteiger charge is -2.08. The summed E-state index contributed by atoms with van der Waals surface area (Å²) in [6.07, 6.45) is 9.05. The Kier molecular flexibility index (Phi) is 3.60. The van der Waals surface area contributed by atoms with Crippen LogP contribution in [0.4, 0.5) is 4.39 Å². The average Bonchev–Trinajstić information content (AvgIpc) is 3.54. The Morgan fingerprint density at radius 2 is 2.13 bits per heavy atom. The number of rotatable bonds is 4. The van der Waals surface area contributed by atoms with E-state index < -0.39 is 0 Å². The molecule has 5 heterocycles. The minimum absolute atomic E-state index is 0.340. The van der Waals surface area contributed by atoms with Crippen molar-refractivity contribution in [3.05, 3.63) is 67.0 Å². The molecular formula is C19H14FN9O. The first-order valence-electron chi connectivity index (χ1n) is 9.29. The maximum atomic E-state index is 13.9. The van der Waals surface area contributed by atoms with Crippen LogP contribution in [-0.4, -0.2) is 44.0 Å². The molecule has 0 saturated heterocycles. The first-order chi connectivity index (χ1) is 14.8. The summed E-state index contributed by atoms with van der Waals surface area (Å²) in [7, 11) is 0. The molecule has 0 amide bonds. The lowest BCUT2D eigenvalue weighted by atomic mass is 10.1. The van der Waals surface area contributed by atoms with Crippen LogP contribution in [0.3, 0.4) is 0 Å². The highest BCUT2D eigenvalue weighted by Crippen LogP contribution is 2.33. The van der Waals surface area contributed by atoms with E-state index in [0.717, 1.165) is 11.4 Å². The Hall–Kier alpha value is -4.15. The summed E-state index contributed by atoms with van der Waals surface area (Å²) in [4.78, 5) is 17.4. The highest BCUT2D eigenvalue weighted by Gasteiger charge is 2.26. The molecule has 1 aromatic carbocycles. The molecule has 5 aromatic rings. The van der Waals surface area contributed by atoms with Gasteiger partial charge in [0.2, 0.25) is 11.7 Å². The molecular weight excluding hydrogens is 389 g/mol. The van der Waals surface area contributed by atoms with Gasteiger partial charge in [0.25, 0.3) is 0 Å². The molecule has 1 aliphatic heterocycles. The van der Waals surface area contributed by atoms with Gasteiger partial charge in [-0.15, -0.1) is 0 Å². The van der Waals surface area contributed by atoms with Crippen molar-refractivity contribution < 1.29 is 8.91 Å². The van der Waals surface area contributed by atoms with Gasteiger partial charge < -0.3 is 9.09 Å². The fourth-order valence-electron chi connectivity index (χ4n) is 3.64. The molecule has 0 spiro atoms. The third kappa shape index (κ3) is 2.63. The Balaban J connectivity index is 1.40. The molecule has 0 bridgehead atoms. The van der Waals surface area contributed by atoms with Crippen LogP contribution in [0.5, 0.6) is 0 Å². The molecule has 30 heavy (non-hydrogen) atoms. The predicted octanol–water partition coefficient (Wildman–Crippen LogP) is 2.12. The Morgan fingerprint density at radius 3 is 3.03 bits per heavy atom. The van der Waals surface area contributed by atoms with Crippen LogP contribution in [0, 0.1) is 5.82 Å². The van der Waals surface area contributed by atoms with Crippen LogP contribution in [0.2, 0.25) is 0 Å². The van der Waals surface area contributed by atoms with E-state index in [4.69, 9.17) is 4.52 Å². The Bertz CT molecular complexity index is 1350. The third-order valence-corrected chi connectivity index (χ3v) is 5.06. The van der Waals surface area contributed by atoms with Gasteiger partial charge in [-0.05, 0) is 18.2 Å². The smallest absolute Gasteiger partial charge is 0.228 e. The van der Waals surface area contributed by atoms with E-state index in [-0.39, 0.29) is 5.82 Å². The topological polar surface area (TPSA) is 105 Å². The van der Waals surface area contributed by atoms with Crippen molar-refractivity contribution in [3.8, 4) is 28.6 Å². The maximum Gasteiger partial charge on any atom is 0.228 e. The van der Waals surface area contributed by atoms with E-state index in [1.807, 2.05) is 15.3 Å². The van der Waals surface area contributed by atoms with Crippen molar-refractivity contribution >= 4 is 0 Å². The molecule has 0 N–H and O–H groups in total. The molecule has 6 rings (SSSR count). The summed E-state index contributed by atoms with van der Waals surface area (Å²) in [5.74, 6) is 1.16. The molecule has 0 aliphatic carbocycles. The lowest BCUT2D eigenvalue weighted by molar-refractivity contribution is 0.372. The molecule has 148 valence electrons. The number of nitrogens with zero attached hydrogens (tertiary/aromatic N) is 9. The summed E-state index contributed by atoms with van der Waals surface area (Å²) < 4.78 is 24.9. The van der Waals surface area contributed by atoms with E-state index in [9.17, 15) is 4.39 Å². The first kappa shape index (κ1) is 16.8. The van der Waals surface area contributed by atoms with Gasteiger partial charge in [-0.1, -0.05) is 5.16 Å². The fraction of sp³-hybridized carbons (Fsp3) is 0.158.